The molecule has 1 amide bonds. The molecule has 1 saturated carbocycles. The van der Waals surface area contributed by atoms with E-state index in [1.807, 2.05) is 4.90 Å². The second kappa shape index (κ2) is 5.61. The number of amides is 1. The van der Waals surface area contributed by atoms with E-state index in [2.05, 4.69) is 5.32 Å². The molecular formula is C11H20N2O3. The molecule has 1 unspecified atom stereocenters. The van der Waals surface area contributed by atoms with E-state index in [4.69, 9.17) is 9.84 Å². The Bertz CT molecular complexity index is 237. The summed E-state index contributed by atoms with van der Waals surface area (Å²) < 4.78 is 5.32. The molecule has 2 N–H and O–H groups in total. The van der Waals surface area contributed by atoms with Crippen LogP contribution < -0.4 is 5.32 Å². The molecule has 2 rings (SSSR count). The number of carbonyl (C=O) groups excluding carboxylic acids is 1. The average molecular weight is 228 g/mol. The fourth-order valence-corrected chi connectivity index (χ4v) is 2.08. The van der Waals surface area contributed by atoms with E-state index in [0.717, 1.165) is 26.0 Å². The molecule has 0 radical (unpaired) electrons. The Hall–Kier alpha value is -0.650. The molecule has 0 aromatic rings. The molecule has 92 valence electrons. The summed E-state index contributed by atoms with van der Waals surface area (Å²) in [6.45, 7) is 2.69. The number of nitrogens with one attached hydrogen (secondary N) is 1. The van der Waals surface area contributed by atoms with Crippen molar-refractivity contribution in [3.8, 4) is 0 Å². The maximum absolute atomic E-state index is 12.0. The number of aliphatic hydroxyl groups is 1. The summed E-state index contributed by atoms with van der Waals surface area (Å²) in [7, 11) is 0. The van der Waals surface area contributed by atoms with Crippen molar-refractivity contribution in [3.05, 3.63) is 0 Å². The van der Waals surface area contributed by atoms with E-state index < -0.39 is 0 Å². The van der Waals surface area contributed by atoms with E-state index in [0.29, 0.717) is 25.6 Å². The number of nitrogens with zero attached hydrogens (tertiary/aromatic N) is 1. The first-order chi connectivity index (χ1) is 7.81. The molecule has 2 aliphatic rings. The largest absolute Gasteiger partial charge is 0.395 e. The maximum Gasteiger partial charge on any atom is 0.224 e. The second-order valence-electron chi connectivity index (χ2n) is 4.47. The molecule has 0 spiro atoms. The molecule has 0 bridgehead atoms. The summed E-state index contributed by atoms with van der Waals surface area (Å²) >= 11 is 0. The van der Waals surface area contributed by atoms with Gasteiger partial charge in [-0.05, 0) is 12.8 Å². The number of rotatable bonds is 5. The molecule has 1 aliphatic heterocycles. The van der Waals surface area contributed by atoms with E-state index in [1.54, 1.807) is 0 Å². The minimum atomic E-state index is 0.0524. The van der Waals surface area contributed by atoms with Crippen LogP contribution in [0.25, 0.3) is 0 Å². The lowest BCUT2D eigenvalue weighted by molar-refractivity contribution is -0.133. The van der Waals surface area contributed by atoms with Crippen LogP contribution in [0.4, 0.5) is 0 Å². The zero-order chi connectivity index (χ0) is 11.4. The Morgan fingerprint density at radius 2 is 2.31 bits per heavy atom. The molecule has 5 heteroatoms. The van der Waals surface area contributed by atoms with Crippen molar-refractivity contribution in [1.29, 1.82) is 0 Å². The average Bonchev–Trinajstić information content (AvgIpc) is 3.11. The molecule has 1 aliphatic carbocycles. The van der Waals surface area contributed by atoms with Gasteiger partial charge in [0.15, 0.2) is 0 Å². The Labute approximate surface area is 95.8 Å². The lowest BCUT2D eigenvalue weighted by Gasteiger charge is -2.27. The summed E-state index contributed by atoms with van der Waals surface area (Å²) in [5.74, 6) is 0.138. The van der Waals surface area contributed by atoms with Crippen LogP contribution in [0.2, 0.25) is 0 Å². The van der Waals surface area contributed by atoms with E-state index >= 15 is 0 Å². The molecule has 0 aromatic heterocycles. The predicted molar refractivity (Wildman–Crippen MR) is 59.0 cm³/mol. The molecule has 1 saturated heterocycles. The third-order valence-electron chi connectivity index (χ3n) is 3.07. The molecule has 1 heterocycles. The monoisotopic (exact) mass is 228 g/mol. The highest BCUT2D eigenvalue weighted by Crippen LogP contribution is 2.27. The minimum absolute atomic E-state index is 0.0524. The topological polar surface area (TPSA) is 61.8 Å². The Balaban J connectivity index is 1.79. The first-order valence-electron chi connectivity index (χ1n) is 6.02. The molecule has 5 nitrogen and oxygen atoms in total. The molecular weight excluding hydrogens is 208 g/mol. The van der Waals surface area contributed by atoms with Gasteiger partial charge in [-0.25, -0.2) is 0 Å². The summed E-state index contributed by atoms with van der Waals surface area (Å²) in [5.41, 5.74) is 0. The van der Waals surface area contributed by atoms with Gasteiger partial charge in [-0.2, -0.15) is 0 Å². The molecule has 0 aromatic carbocycles. The van der Waals surface area contributed by atoms with Gasteiger partial charge in [0.2, 0.25) is 5.91 Å². The Morgan fingerprint density at radius 3 is 2.88 bits per heavy atom. The number of morpholine rings is 1. The van der Waals surface area contributed by atoms with Crippen molar-refractivity contribution in [2.75, 3.05) is 32.9 Å². The highest BCUT2D eigenvalue weighted by Gasteiger charge is 2.33. The van der Waals surface area contributed by atoms with E-state index in [1.165, 1.54) is 0 Å². The Morgan fingerprint density at radius 1 is 1.50 bits per heavy atom. The van der Waals surface area contributed by atoms with Gasteiger partial charge in [0.1, 0.15) is 0 Å². The summed E-state index contributed by atoms with van der Waals surface area (Å²) in [6.07, 6.45) is 2.65. The molecule has 16 heavy (non-hydrogen) atoms. The van der Waals surface area contributed by atoms with Gasteiger partial charge in [0.05, 0.1) is 19.8 Å². The standard InChI is InChI=1S/C11H20N2O3/c14-5-4-13(10-1-2-10)11(15)7-9-8-16-6-3-12-9/h9-10,12,14H,1-8H2. The van der Waals surface area contributed by atoms with Gasteiger partial charge >= 0.3 is 0 Å². The summed E-state index contributed by atoms with van der Waals surface area (Å²) in [4.78, 5) is 13.8. The van der Waals surface area contributed by atoms with Crippen molar-refractivity contribution in [1.82, 2.24) is 10.2 Å². The van der Waals surface area contributed by atoms with Gasteiger partial charge in [-0.15, -0.1) is 0 Å². The van der Waals surface area contributed by atoms with Crippen LogP contribution in [0.1, 0.15) is 19.3 Å². The second-order valence-corrected chi connectivity index (χ2v) is 4.47. The van der Waals surface area contributed by atoms with Crippen molar-refractivity contribution < 1.29 is 14.6 Å². The van der Waals surface area contributed by atoms with Crippen LogP contribution in [0.3, 0.4) is 0 Å². The molecule has 2 fully saturated rings. The first kappa shape index (κ1) is 11.8. The van der Waals surface area contributed by atoms with Gasteiger partial charge < -0.3 is 20.1 Å². The predicted octanol–water partition coefficient (Wildman–Crippen LogP) is -0.652. The fraction of sp³-hybridized carbons (Fsp3) is 0.909. The number of carbonyl (C=O) groups is 1. The maximum atomic E-state index is 12.0. The van der Waals surface area contributed by atoms with Crippen LogP contribution >= 0.6 is 0 Å². The van der Waals surface area contributed by atoms with Gasteiger partial charge in [0.25, 0.3) is 0 Å². The number of hydrogen-bond acceptors (Lipinski definition) is 4. The minimum Gasteiger partial charge on any atom is -0.395 e. The van der Waals surface area contributed by atoms with E-state index in [-0.39, 0.29) is 18.6 Å². The highest BCUT2D eigenvalue weighted by molar-refractivity contribution is 5.77. The number of ether oxygens (including phenoxy) is 1. The summed E-state index contributed by atoms with van der Waals surface area (Å²) in [6, 6.07) is 0.519. The van der Waals surface area contributed by atoms with Crippen molar-refractivity contribution in [2.45, 2.75) is 31.3 Å². The number of aliphatic hydroxyl groups excluding tert-OH is 1. The zero-order valence-electron chi connectivity index (χ0n) is 9.52. The number of hydrogen-bond donors (Lipinski definition) is 2. The van der Waals surface area contributed by atoms with Crippen LogP contribution in [-0.4, -0.2) is 60.9 Å². The first-order valence-corrected chi connectivity index (χ1v) is 6.02. The quantitative estimate of drug-likeness (QED) is 0.656. The van der Waals surface area contributed by atoms with Crippen LogP contribution in [-0.2, 0) is 9.53 Å². The van der Waals surface area contributed by atoms with Crippen LogP contribution in [0, 0.1) is 0 Å². The lowest BCUT2D eigenvalue weighted by atomic mass is 10.2. The normalized spacial score (nSPS) is 25.4. The smallest absolute Gasteiger partial charge is 0.224 e. The van der Waals surface area contributed by atoms with Gasteiger partial charge in [-0.3, -0.25) is 4.79 Å². The third kappa shape index (κ3) is 3.17. The van der Waals surface area contributed by atoms with Gasteiger partial charge in [0, 0.05) is 31.6 Å². The lowest BCUT2D eigenvalue weighted by Crippen LogP contribution is -2.46. The summed E-state index contributed by atoms with van der Waals surface area (Å²) in [5, 5.41) is 12.2. The third-order valence-corrected chi connectivity index (χ3v) is 3.07. The van der Waals surface area contributed by atoms with Gasteiger partial charge in [-0.1, -0.05) is 0 Å². The molecule has 1 atom stereocenters. The van der Waals surface area contributed by atoms with Crippen molar-refractivity contribution in [3.63, 3.8) is 0 Å². The zero-order valence-corrected chi connectivity index (χ0v) is 9.52. The van der Waals surface area contributed by atoms with Crippen LogP contribution in [0.15, 0.2) is 0 Å². The SMILES string of the molecule is O=C(CC1COCCN1)N(CCO)C1CC1. The Kier molecular flexibility index (Phi) is 4.15. The van der Waals surface area contributed by atoms with Crippen molar-refractivity contribution in [2.24, 2.45) is 0 Å². The fourth-order valence-electron chi connectivity index (χ4n) is 2.08. The van der Waals surface area contributed by atoms with Crippen molar-refractivity contribution >= 4 is 5.91 Å². The van der Waals surface area contributed by atoms with E-state index in [9.17, 15) is 4.79 Å². The van der Waals surface area contributed by atoms with Crippen LogP contribution in [0.5, 0.6) is 0 Å². The highest BCUT2D eigenvalue weighted by atomic mass is 16.5.